The number of anilines is 1. The third-order valence-corrected chi connectivity index (χ3v) is 7.45. The van der Waals surface area contributed by atoms with Crippen LogP contribution in [0.25, 0.3) is 0 Å². The highest BCUT2D eigenvalue weighted by Crippen LogP contribution is 2.37. The Morgan fingerprint density at radius 1 is 1.09 bits per heavy atom. The van der Waals surface area contributed by atoms with E-state index in [2.05, 4.69) is 20.4 Å². The molecular formula is C25H26ClN5O3. The van der Waals surface area contributed by atoms with E-state index in [1.165, 1.54) is 0 Å². The topological polar surface area (TPSA) is 108 Å². The van der Waals surface area contributed by atoms with Gasteiger partial charge in [0.25, 0.3) is 5.91 Å². The maximum Gasteiger partial charge on any atom is 0.272 e. The van der Waals surface area contributed by atoms with E-state index in [4.69, 9.17) is 21.6 Å². The molecule has 8 nitrogen and oxygen atoms in total. The molecule has 3 aliphatic rings. The third kappa shape index (κ3) is 4.85. The highest BCUT2D eigenvalue weighted by molar-refractivity contribution is 6.31. The molecule has 1 unspecified atom stereocenters. The Balaban J connectivity index is 1.09. The Kier molecular flexibility index (Phi) is 6.38. The smallest absolute Gasteiger partial charge is 0.272 e. The van der Waals surface area contributed by atoms with Gasteiger partial charge in [0.2, 0.25) is 0 Å². The van der Waals surface area contributed by atoms with Crippen LogP contribution in [0.15, 0.2) is 30.3 Å². The predicted molar refractivity (Wildman–Crippen MR) is 126 cm³/mol. The summed E-state index contributed by atoms with van der Waals surface area (Å²) in [6, 6.07) is 10.8. The third-order valence-electron chi connectivity index (χ3n) is 7.14. The fourth-order valence-electron chi connectivity index (χ4n) is 5.31. The summed E-state index contributed by atoms with van der Waals surface area (Å²) in [5.74, 6) is 2.41. The first kappa shape index (κ1) is 22.6. The highest BCUT2D eigenvalue weighted by atomic mass is 35.5. The molecule has 1 N–H and O–H groups in total. The second kappa shape index (κ2) is 9.59. The van der Waals surface area contributed by atoms with Gasteiger partial charge in [0.1, 0.15) is 17.6 Å². The first-order valence-electron chi connectivity index (χ1n) is 11.8. The van der Waals surface area contributed by atoms with Crippen LogP contribution in [0, 0.1) is 23.2 Å². The average molecular weight is 480 g/mol. The number of ether oxygens (including phenoxy) is 1. The van der Waals surface area contributed by atoms with E-state index in [9.17, 15) is 9.59 Å². The van der Waals surface area contributed by atoms with Crippen LogP contribution >= 0.6 is 11.6 Å². The van der Waals surface area contributed by atoms with Crippen molar-refractivity contribution in [3.8, 4) is 11.8 Å². The highest BCUT2D eigenvalue weighted by Gasteiger charge is 2.40. The van der Waals surface area contributed by atoms with Gasteiger partial charge in [0.15, 0.2) is 11.5 Å². The molecule has 1 aromatic carbocycles. The average Bonchev–Trinajstić information content (AvgIpc) is 3.38. The normalized spacial score (nSPS) is 26.1. The summed E-state index contributed by atoms with van der Waals surface area (Å²) in [7, 11) is 0. The number of rotatable bonds is 5. The molecule has 0 radical (unpaired) electrons. The van der Waals surface area contributed by atoms with Crippen LogP contribution in [0.3, 0.4) is 0 Å². The fraction of sp³-hybridized carbons (Fsp3) is 0.480. The first-order chi connectivity index (χ1) is 16.5. The van der Waals surface area contributed by atoms with Crippen molar-refractivity contribution in [1.29, 1.82) is 5.26 Å². The van der Waals surface area contributed by atoms with Gasteiger partial charge in [-0.1, -0.05) is 11.6 Å². The lowest BCUT2D eigenvalue weighted by molar-refractivity contribution is -0.117. The summed E-state index contributed by atoms with van der Waals surface area (Å²) in [6.45, 7) is 1.66. The van der Waals surface area contributed by atoms with Crippen LogP contribution in [0.1, 0.15) is 54.6 Å². The molecule has 1 amide bonds. The molecule has 1 aromatic heterocycles. The molecule has 2 heterocycles. The molecule has 3 fully saturated rings. The number of nitrogens with zero attached hydrogens (tertiary/aromatic N) is 4. The van der Waals surface area contributed by atoms with E-state index in [-0.39, 0.29) is 18.1 Å². The molecule has 9 heteroatoms. The van der Waals surface area contributed by atoms with Crippen LogP contribution in [-0.2, 0) is 4.79 Å². The van der Waals surface area contributed by atoms with E-state index >= 15 is 0 Å². The zero-order valence-corrected chi connectivity index (χ0v) is 19.5. The van der Waals surface area contributed by atoms with E-state index in [0.717, 1.165) is 44.6 Å². The number of carbonyl (C=O) groups excluding carboxylic acids is 2. The minimum absolute atomic E-state index is 0.0477. The summed E-state index contributed by atoms with van der Waals surface area (Å²) < 4.78 is 6.02. The molecule has 2 atom stereocenters. The second-order valence-corrected chi connectivity index (χ2v) is 9.87. The SMILES string of the molecule is N#Cc1ccc(OC2CCC(NC(=O)c3ccc(N4CC5CC(=O)C[C@H]5C4)nn3)CC2)cc1Cl. The molecule has 0 spiro atoms. The number of hydrogen-bond donors (Lipinski definition) is 1. The Bertz CT molecular complexity index is 1110. The quantitative estimate of drug-likeness (QED) is 0.698. The number of amides is 1. The van der Waals surface area contributed by atoms with E-state index < -0.39 is 0 Å². The zero-order valence-electron chi connectivity index (χ0n) is 18.7. The first-order valence-corrected chi connectivity index (χ1v) is 12.1. The van der Waals surface area contributed by atoms with Gasteiger partial charge in [-0.15, -0.1) is 10.2 Å². The molecular weight excluding hydrogens is 454 g/mol. The van der Waals surface area contributed by atoms with Gasteiger partial charge in [0.05, 0.1) is 16.7 Å². The van der Waals surface area contributed by atoms with Crippen LogP contribution in [0.5, 0.6) is 5.75 Å². The lowest BCUT2D eigenvalue weighted by Crippen LogP contribution is -2.40. The van der Waals surface area contributed by atoms with E-state index in [1.54, 1.807) is 24.3 Å². The summed E-state index contributed by atoms with van der Waals surface area (Å²) >= 11 is 6.08. The molecule has 0 bridgehead atoms. The molecule has 2 aromatic rings. The molecule has 176 valence electrons. The van der Waals surface area contributed by atoms with Crippen molar-refractivity contribution in [2.24, 2.45) is 11.8 Å². The second-order valence-electron chi connectivity index (χ2n) is 9.47. The number of ketones is 1. The number of hydrogen-bond acceptors (Lipinski definition) is 7. The van der Waals surface area contributed by atoms with Crippen molar-refractivity contribution >= 4 is 29.1 Å². The molecule has 1 saturated heterocycles. The van der Waals surface area contributed by atoms with Crippen LogP contribution < -0.4 is 15.0 Å². The molecule has 1 aliphatic heterocycles. The number of carbonyl (C=O) groups is 2. The molecule has 2 aliphatic carbocycles. The standard InChI is InChI=1S/C25H26ClN5O3/c26-22-11-21(4-1-15(22)12-27)34-20-5-2-18(3-6-20)28-25(33)23-7-8-24(30-29-23)31-13-16-9-19(32)10-17(16)14-31/h1,4,7-8,11,16-18,20H,2-3,5-6,9-10,13-14H2,(H,28,33)/t16-,17?,18?,20?/m0/s1. The lowest BCUT2D eigenvalue weighted by Gasteiger charge is -2.29. The van der Waals surface area contributed by atoms with E-state index in [0.29, 0.717) is 52.5 Å². The van der Waals surface area contributed by atoms with E-state index in [1.807, 2.05) is 12.1 Å². The predicted octanol–water partition coefficient (Wildman–Crippen LogP) is 3.54. The Hall–Kier alpha value is -3.18. The number of Topliss-reactive ketones (excluding diaryl/α,β-unsaturated/α-hetero) is 1. The summed E-state index contributed by atoms with van der Waals surface area (Å²) in [5.41, 5.74) is 0.736. The number of nitrogens with one attached hydrogen (secondary N) is 1. The van der Waals surface area contributed by atoms with Gasteiger partial charge >= 0.3 is 0 Å². The Morgan fingerprint density at radius 2 is 1.82 bits per heavy atom. The van der Waals surface area contributed by atoms with Gasteiger partial charge in [-0.2, -0.15) is 5.26 Å². The van der Waals surface area contributed by atoms with Crippen molar-refractivity contribution in [1.82, 2.24) is 15.5 Å². The van der Waals surface area contributed by atoms with Crippen LogP contribution in [-0.4, -0.2) is 47.1 Å². The Labute approximate surface area is 203 Å². The number of benzene rings is 1. The number of halogens is 1. The Morgan fingerprint density at radius 3 is 2.44 bits per heavy atom. The van der Waals surface area contributed by atoms with Gasteiger partial charge in [-0.3, -0.25) is 9.59 Å². The fourth-order valence-corrected chi connectivity index (χ4v) is 5.52. The minimum atomic E-state index is -0.216. The monoisotopic (exact) mass is 479 g/mol. The van der Waals surface area contributed by atoms with Crippen molar-refractivity contribution in [2.75, 3.05) is 18.0 Å². The van der Waals surface area contributed by atoms with Crippen LogP contribution in [0.4, 0.5) is 5.82 Å². The van der Waals surface area contributed by atoms with Gasteiger partial charge in [-0.25, -0.2) is 0 Å². The van der Waals surface area contributed by atoms with Gasteiger partial charge in [0, 0.05) is 38.0 Å². The van der Waals surface area contributed by atoms with Crippen molar-refractivity contribution in [3.05, 3.63) is 46.6 Å². The van der Waals surface area contributed by atoms with Crippen molar-refractivity contribution in [2.45, 2.75) is 50.7 Å². The van der Waals surface area contributed by atoms with Crippen LogP contribution in [0.2, 0.25) is 5.02 Å². The number of aromatic nitrogens is 2. The lowest BCUT2D eigenvalue weighted by atomic mass is 9.93. The minimum Gasteiger partial charge on any atom is -0.490 e. The van der Waals surface area contributed by atoms with Gasteiger partial charge < -0.3 is 15.0 Å². The van der Waals surface area contributed by atoms with Crippen molar-refractivity contribution in [3.63, 3.8) is 0 Å². The number of fused-ring (bicyclic) bond motifs is 1. The van der Waals surface area contributed by atoms with Crippen molar-refractivity contribution < 1.29 is 14.3 Å². The molecule has 34 heavy (non-hydrogen) atoms. The largest absolute Gasteiger partial charge is 0.490 e. The number of nitriles is 1. The summed E-state index contributed by atoms with van der Waals surface area (Å²) in [6.07, 6.45) is 4.63. The maximum absolute atomic E-state index is 12.7. The molecule has 2 saturated carbocycles. The maximum atomic E-state index is 12.7. The summed E-state index contributed by atoms with van der Waals surface area (Å²) in [4.78, 5) is 26.4. The molecule has 5 rings (SSSR count). The van der Waals surface area contributed by atoms with Gasteiger partial charge in [-0.05, 0) is 61.8 Å². The summed E-state index contributed by atoms with van der Waals surface area (Å²) in [5, 5.41) is 20.9. The zero-order chi connectivity index (χ0) is 23.7.